The summed E-state index contributed by atoms with van der Waals surface area (Å²) in [4.78, 5) is 0. The van der Waals surface area contributed by atoms with Crippen LogP contribution >= 0.6 is 11.8 Å². The van der Waals surface area contributed by atoms with Crippen molar-refractivity contribution in [3.8, 4) is 39.1 Å². The van der Waals surface area contributed by atoms with Crippen molar-refractivity contribution in [1.29, 1.82) is 0 Å². The summed E-state index contributed by atoms with van der Waals surface area (Å²) in [7, 11) is 0. The number of nitrogens with zero attached hydrogens (tertiary/aromatic N) is 1. The Labute approximate surface area is 340 Å². The molecule has 1 fully saturated rings. The van der Waals surface area contributed by atoms with Crippen molar-refractivity contribution in [3.63, 3.8) is 0 Å². The Hall–Kier alpha value is -6.55. The van der Waals surface area contributed by atoms with Crippen molar-refractivity contribution in [3.05, 3.63) is 221 Å². The van der Waals surface area contributed by atoms with Gasteiger partial charge in [-0.05, 0) is 110 Å². The van der Waals surface area contributed by atoms with E-state index in [1.165, 1.54) is 94.0 Å². The van der Waals surface area contributed by atoms with E-state index in [0.29, 0.717) is 16.4 Å². The Morgan fingerprint density at radius 3 is 2.10 bits per heavy atom. The van der Waals surface area contributed by atoms with Gasteiger partial charge in [-0.15, -0.1) is 11.8 Å². The summed E-state index contributed by atoms with van der Waals surface area (Å²) in [5.41, 5.74) is 20.9. The van der Waals surface area contributed by atoms with Gasteiger partial charge in [0.15, 0.2) is 0 Å². The zero-order chi connectivity index (χ0) is 37.7. The number of furan rings is 1. The molecule has 272 valence electrons. The molecular weight excluding hydrogens is 723 g/mol. The maximum absolute atomic E-state index is 6.74. The highest BCUT2D eigenvalue weighted by Gasteiger charge is 2.60. The maximum atomic E-state index is 6.74. The SMILES string of the molecule is c1ccc(-c2ccc(C34CC3c3ccc(-c5ccc6c(c5)c5ccccc5n6-c5ccc6c7c(oc6c5)C5SC7c6ccccc65)cc3-c3ccccc34)cc2)cc1. The second-order valence-electron chi connectivity index (χ2n) is 16.7. The Balaban J connectivity index is 0.852. The van der Waals surface area contributed by atoms with Gasteiger partial charge in [-0.25, -0.2) is 0 Å². The number of hydrogen-bond acceptors (Lipinski definition) is 2. The second kappa shape index (κ2) is 11.3. The fourth-order valence-corrected chi connectivity index (χ4v) is 12.9. The lowest BCUT2D eigenvalue weighted by Gasteiger charge is -2.29. The third-order valence-electron chi connectivity index (χ3n) is 13.9. The van der Waals surface area contributed by atoms with E-state index in [0.717, 1.165) is 23.5 Å². The number of rotatable bonds is 4. The highest BCUT2D eigenvalue weighted by molar-refractivity contribution is 8.00. The van der Waals surface area contributed by atoms with Gasteiger partial charge in [0.25, 0.3) is 0 Å². The zero-order valence-electron chi connectivity index (χ0n) is 31.5. The molecule has 2 bridgehead atoms. The molecule has 0 N–H and O–H groups in total. The van der Waals surface area contributed by atoms with Crippen molar-refractivity contribution >= 4 is 44.5 Å². The lowest BCUT2D eigenvalue weighted by Crippen LogP contribution is -2.17. The van der Waals surface area contributed by atoms with Crippen molar-refractivity contribution in [1.82, 2.24) is 4.57 Å². The molecule has 0 spiro atoms. The van der Waals surface area contributed by atoms with E-state index >= 15 is 0 Å². The number of thioether (sulfide) groups is 1. The summed E-state index contributed by atoms with van der Waals surface area (Å²) in [6, 6.07) is 68.1. The first-order valence-corrected chi connectivity index (χ1v) is 21.4. The summed E-state index contributed by atoms with van der Waals surface area (Å²) in [6.07, 6.45) is 1.15. The number of benzene rings is 8. The molecule has 0 radical (unpaired) electrons. The molecule has 2 aromatic heterocycles. The Bertz CT molecular complexity index is 3370. The van der Waals surface area contributed by atoms with Crippen LogP contribution in [0.2, 0.25) is 0 Å². The standard InChI is InChI=1S/C55H35NOS/c1-2-10-32(11-3-1)33-18-22-36(23-19-33)55-31-47(55)39-25-20-34(28-44(39)38-12-6-8-16-46(38)55)35-21-27-49-45(29-35)40-13-7-9-17-48(40)56(49)37-24-26-43-50(30-37)57-52-51(43)53-41-14-4-5-15-42(41)54(52)58-53/h1-30,47,53-54H,31H2. The van der Waals surface area contributed by atoms with Gasteiger partial charge in [-0.1, -0.05) is 140 Å². The van der Waals surface area contributed by atoms with Crippen LogP contribution in [0.4, 0.5) is 0 Å². The summed E-state index contributed by atoms with van der Waals surface area (Å²) < 4.78 is 9.16. The predicted molar refractivity (Wildman–Crippen MR) is 239 cm³/mol. The van der Waals surface area contributed by atoms with E-state index in [4.69, 9.17) is 4.42 Å². The van der Waals surface area contributed by atoms with Crippen molar-refractivity contribution in [2.24, 2.45) is 0 Å². The average Bonchev–Trinajstić information content (AvgIpc) is 3.50. The van der Waals surface area contributed by atoms with E-state index in [-0.39, 0.29) is 5.41 Å². The fourth-order valence-electron chi connectivity index (χ4n) is 11.2. The van der Waals surface area contributed by atoms with Crippen molar-refractivity contribution in [2.75, 3.05) is 0 Å². The number of para-hydroxylation sites is 1. The van der Waals surface area contributed by atoms with Crippen LogP contribution in [0.1, 0.15) is 62.0 Å². The van der Waals surface area contributed by atoms with Gasteiger partial charge >= 0.3 is 0 Å². The molecular formula is C55H35NOS. The highest BCUT2D eigenvalue weighted by Crippen LogP contribution is 2.70. The largest absolute Gasteiger partial charge is 0.459 e. The van der Waals surface area contributed by atoms with E-state index in [2.05, 4.69) is 187 Å². The summed E-state index contributed by atoms with van der Waals surface area (Å²) in [5, 5.41) is 4.42. The van der Waals surface area contributed by atoms with Crippen molar-refractivity contribution in [2.45, 2.75) is 28.3 Å². The first-order valence-electron chi connectivity index (χ1n) is 20.5. The summed E-state index contributed by atoms with van der Waals surface area (Å²) in [5.74, 6) is 1.62. The van der Waals surface area contributed by atoms with Crippen LogP contribution in [0.15, 0.2) is 186 Å². The van der Waals surface area contributed by atoms with Crippen LogP contribution in [0.5, 0.6) is 0 Å². The molecule has 10 aromatic rings. The van der Waals surface area contributed by atoms with Crippen LogP contribution in [0.3, 0.4) is 0 Å². The number of aromatic nitrogens is 1. The van der Waals surface area contributed by atoms with Gasteiger partial charge in [0.05, 0.1) is 21.5 Å². The first kappa shape index (κ1) is 31.5. The zero-order valence-corrected chi connectivity index (χ0v) is 32.3. The van der Waals surface area contributed by atoms with Crippen LogP contribution in [0, 0.1) is 0 Å². The number of hydrogen-bond donors (Lipinski definition) is 0. The Morgan fingerprint density at radius 2 is 1.21 bits per heavy atom. The molecule has 8 aromatic carbocycles. The minimum absolute atomic E-state index is 0.0311. The molecule has 58 heavy (non-hydrogen) atoms. The molecule has 2 nitrogen and oxygen atoms in total. The first-order chi connectivity index (χ1) is 28.7. The van der Waals surface area contributed by atoms with Crippen LogP contribution in [-0.4, -0.2) is 4.57 Å². The van der Waals surface area contributed by atoms with Gasteiger partial charge < -0.3 is 8.98 Å². The van der Waals surface area contributed by atoms with Crippen LogP contribution < -0.4 is 0 Å². The summed E-state index contributed by atoms with van der Waals surface area (Å²) >= 11 is 2.02. The van der Waals surface area contributed by atoms with Gasteiger partial charge in [0.1, 0.15) is 11.3 Å². The second-order valence-corrected chi connectivity index (χ2v) is 17.9. The van der Waals surface area contributed by atoms with E-state index < -0.39 is 0 Å². The smallest absolute Gasteiger partial charge is 0.136 e. The van der Waals surface area contributed by atoms with E-state index in [1.807, 2.05) is 11.8 Å². The van der Waals surface area contributed by atoms with Gasteiger partial charge in [0, 0.05) is 38.9 Å². The molecule has 0 amide bonds. The minimum Gasteiger partial charge on any atom is -0.459 e. The van der Waals surface area contributed by atoms with Crippen molar-refractivity contribution < 1.29 is 4.42 Å². The minimum atomic E-state index is 0.0311. The van der Waals surface area contributed by atoms with Gasteiger partial charge in [-0.2, -0.15) is 0 Å². The lowest BCUT2D eigenvalue weighted by molar-refractivity contribution is 0.555. The van der Waals surface area contributed by atoms with E-state index in [9.17, 15) is 0 Å². The molecule has 0 saturated heterocycles. The molecule has 4 unspecified atom stereocenters. The van der Waals surface area contributed by atoms with E-state index in [1.54, 1.807) is 0 Å². The predicted octanol–water partition coefficient (Wildman–Crippen LogP) is 14.6. The quantitative estimate of drug-likeness (QED) is 0.178. The topological polar surface area (TPSA) is 18.1 Å². The molecule has 4 atom stereocenters. The molecule has 4 aliphatic rings. The van der Waals surface area contributed by atoms with Gasteiger partial charge in [-0.3, -0.25) is 0 Å². The fraction of sp³-hybridized carbons (Fsp3) is 0.0909. The monoisotopic (exact) mass is 757 g/mol. The number of fused-ring (bicyclic) bond motifs is 19. The maximum Gasteiger partial charge on any atom is 0.136 e. The van der Waals surface area contributed by atoms with Crippen LogP contribution in [-0.2, 0) is 5.41 Å². The molecule has 1 saturated carbocycles. The third-order valence-corrected chi connectivity index (χ3v) is 15.4. The molecule has 4 heterocycles. The average molecular weight is 758 g/mol. The Kier molecular flexibility index (Phi) is 6.15. The molecule has 2 aliphatic heterocycles. The molecule has 14 rings (SSSR count). The summed E-state index contributed by atoms with van der Waals surface area (Å²) in [6.45, 7) is 0. The van der Waals surface area contributed by atoms with Crippen LogP contribution in [0.25, 0.3) is 71.8 Å². The lowest BCUT2D eigenvalue weighted by atomic mass is 9.74. The molecule has 2 aliphatic carbocycles. The van der Waals surface area contributed by atoms with Gasteiger partial charge in [0.2, 0.25) is 0 Å². The highest BCUT2D eigenvalue weighted by atomic mass is 32.2. The third kappa shape index (κ3) is 4.09. The Morgan fingerprint density at radius 1 is 0.500 bits per heavy atom. The molecule has 3 heteroatoms. The normalized spacial score (nSPS) is 20.5.